The summed E-state index contributed by atoms with van der Waals surface area (Å²) in [6.07, 6.45) is 0. The molecule has 0 atom stereocenters. The van der Waals surface area contributed by atoms with Gasteiger partial charge in [-0.1, -0.05) is 34.1 Å². The molecular formula is C20H22BrNO2. The van der Waals surface area contributed by atoms with Gasteiger partial charge in [0.1, 0.15) is 12.4 Å². The molecule has 0 saturated carbocycles. The molecule has 0 bridgehead atoms. The van der Waals surface area contributed by atoms with Crippen molar-refractivity contribution in [3.05, 3.63) is 64.3 Å². The van der Waals surface area contributed by atoms with Crippen LogP contribution in [0.15, 0.2) is 53.0 Å². The smallest absolute Gasteiger partial charge is 0.129 e. The van der Waals surface area contributed by atoms with Gasteiger partial charge in [0.15, 0.2) is 0 Å². The van der Waals surface area contributed by atoms with Gasteiger partial charge in [-0.05, 0) is 44.2 Å². The predicted molar refractivity (Wildman–Crippen MR) is 101 cm³/mol. The molecule has 0 aliphatic carbocycles. The fraction of sp³-hybridized carbons (Fsp3) is 0.300. The van der Waals surface area contributed by atoms with Gasteiger partial charge in [0.05, 0.1) is 12.3 Å². The van der Waals surface area contributed by atoms with Gasteiger partial charge in [-0.2, -0.15) is 0 Å². The van der Waals surface area contributed by atoms with Crippen LogP contribution >= 0.6 is 15.9 Å². The van der Waals surface area contributed by atoms with E-state index in [1.165, 1.54) is 22.2 Å². The number of benzene rings is 2. The first-order valence-electron chi connectivity index (χ1n) is 8.29. The molecule has 3 rings (SSSR count). The monoisotopic (exact) mass is 387 g/mol. The maximum Gasteiger partial charge on any atom is 0.129 e. The zero-order valence-electron chi connectivity index (χ0n) is 14.1. The largest absolute Gasteiger partial charge is 0.487 e. The number of hydrogen-bond acceptors (Lipinski definition) is 2. The minimum Gasteiger partial charge on any atom is -0.487 e. The number of fused-ring (bicyclic) bond motifs is 1. The third-order valence-corrected chi connectivity index (χ3v) is 4.68. The number of nitrogens with zero attached hydrogens (tertiary/aromatic N) is 1. The van der Waals surface area contributed by atoms with E-state index in [-0.39, 0.29) is 0 Å². The van der Waals surface area contributed by atoms with Gasteiger partial charge >= 0.3 is 0 Å². The van der Waals surface area contributed by atoms with Crippen LogP contribution in [0.4, 0.5) is 0 Å². The molecule has 1 aromatic heterocycles. The minimum atomic E-state index is 0.534. The lowest BCUT2D eigenvalue weighted by Gasteiger charge is -2.12. The molecule has 0 unspecified atom stereocenters. The van der Waals surface area contributed by atoms with Crippen molar-refractivity contribution in [1.82, 2.24) is 4.57 Å². The van der Waals surface area contributed by atoms with Crippen molar-refractivity contribution in [2.24, 2.45) is 0 Å². The zero-order chi connectivity index (χ0) is 16.9. The number of rotatable bonds is 7. The van der Waals surface area contributed by atoms with E-state index in [4.69, 9.17) is 9.47 Å². The lowest BCUT2D eigenvalue weighted by atomic mass is 10.1. The van der Waals surface area contributed by atoms with Crippen LogP contribution in [0.1, 0.15) is 25.1 Å². The van der Waals surface area contributed by atoms with Gasteiger partial charge < -0.3 is 14.0 Å². The van der Waals surface area contributed by atoms with E-state index >= 15 is 0 Å². The number of ether oxygens (including phenoxy) is 2. The van der Waals surface area contributed by atoms with Gasteiger partial charge in [-0.3, -0.25) is 0 Å². The normalized spacial score (nSPS) is 11.1. The van der Waals surface area contributed by atoms with E-state index in [0.29, 0.717) is 19.8 Å². The van der Waals surface area contributed by atoms with Crippen LogP contribution in [-0.2, 0) is 24.5 Å². The Labute approximate surface area is 151 Å². The highest BCUT2D eigenvalue weighted by Crippen LogP contribution is 2.28. The van der Waals surface area contributed by atoms with Crippen molar-refractivity contribution in [2.45, 2.75) is 33.6 Å². The van der Waals surface area contributed by atoms with Gasteiger partial charge in [0, 0.05) is 34.1 Å². The quantitative estimate of drug-likeness (QED) is 0.531. The van der Waals surface area contributed by atoms with E-state index in [1.54, 1.807) is 0 Å². The second kappa shape index (κ2) is 7.86. The highest BCUT2D eigenvalue weighted by atomic mass is 79.9. The first-order valence-corrected chi connectivity index (χ1v) is 9.09. The van der Waals surface area contributed by atoms with Crippen molar-refractivity contribution in [1.29, 1.82) is 0 Å². The van der Waals surface area contributed by atoms with Gasteiger partial charge in [-0.25, -0.2) is 0 Å². The van der Waals surface area contributed by atoms with Crippen molar-refractivity contribution in [3.63, 3.8) is 0 Å². The first-order chi connectivity index (χ1) is 11.7. The molecule has 0 radical (unpaired) electrons. The standard InChI is InChI=1S/C20H22BrNO2/c1-3-22-19-8-6-5-7-17(19)18(13-23-4-2)20(22)14-24-16-11-9-15(21)10-12-16/h5-12H,3-4,13-14H2,1-2H3. The molecule has 0 aliphatic heterocycles. The fourth-order valence-corrected chi connectivity index (χ4v) is 3.27. The summed E-state index contributed by atoms with van der Waals surface area (Å²) in [7, 11) is 0. The molecule has 0 amide bonds. The Morgan fingerprint density at radius 2 is 1.71 bits per heavy atom. The molecule has 1 heterocycles. The lowest BCUT2D eigenvalue weighted by molar-refractivity contribution is 0.133. The van der Waals surface area contributed by atoms with Crippen LogP contribution in [0.25, 0.3) is 10.9 Å². The first kappa shape index (κ1) is 17.1. The van der Waals surface area contributed by atoms with Crippen LogP contribution in [0.3, 0.4) is 0 Å². The van der Waals surface area contributed by atoms with Gasteiger partial charge in [0.2, 0.25) is 0 Å². The molecule has 0 aliphatic rings. The molecule has 24 heavy (non-hydrogen) atoms. The maximum absolute atomic E-state index is 6.04. The summed E-state index contributed by atoms with van der Waals surface area (Å²) in [5.74, 6) is 0.869. The second-order valence-corrected chi connectivity index (χ2v) is 6.48. The Kier molecular flexibility index (Phi) is 5.59. The van der Waals surface area contributed by atoms with E-state index in [9.17, 15) is 0 Å². The fourth-order valence-electron chi connectivity index (χ4n) is 3.00. The SMILES string of the molecule is CCOCc1c(COc2ccc(Br)cc2)n(CC)c2ccccc12. The van der Waals surface area contributed by atoms with Crippen LogP contribution in [0.2, 0.25) is 0 Å². The summed E-state index contributed by atoms with van der Waals surface area (Å²) in [5, 5.41) is 1.25. The Balaban J connectivity index is 1.96. The predicted octanol–water partition coefficient (Wildman–Crippen LogP) is 5.54. The Morgan fingerprint density at radius 3 is 2.42 bits per heavy atom. The second-order valence-electron chi connectivity index (χ2n) is 5.57. The summed E-state index contributed by atoms with van der Waals surface area (Å²) in [4.78, 5) is 0. The third-order valence-electron chi connectivity index (χ3n) is 4.15. The molecule has 0 fully saturated rings. The van der Waals surface area contributed by atoms with E-state index in [2.05, 4.69) is 51.7 Å². The van der Waals surface area contributed by atoms with Crippen LogP contribution in [0, 0.1) is 0 Å². The molecule has 4 heteroatoms. The molecule has 3 aromatic rings. The average Bonchev–Trinajstić information content (AvgIpc) is 2.92. The van der Waals surface area contributed by atoms with Crippen LogP contribution in [-0.4, -0.2) is 11.2 Å². The molecule has 3 nitrogen and oxygen atoms in total. The summed E-state index contributed by atoms with van der Waals surface area (Å²) in [5.41, 5.74) is 3.66. The summed E-state index contributed by atoms with van der Waals surface area (Å²) in [6.45, 7) is 6.96. The van der Waals surface area contributed by atoms with Crippen LogP contribution < -0.4 is 4.74 Å². The summed E-state index contributed by atoms with van der Waals surface area (Å²) >= 11 is 3.45. The highest BCUT2D eigenvalue weighted by molar-refractivity contribution is 9.10. The average molecular weight is 388 g/mol. The zero-order valence-corrected chi connectivity index (χ0v) is 15.7. The number of hydrogen-bond donors (Lipinski definition) is 0. The topological polar surface area (TPSA) is 23.4 Å². The minimum absolute atomic E-state index is 0.534. The van der Waals surface area contributed by atoms with Gasteiger partial charge in [0.25, 0.3) is 0 Å². The van der Waals surface area contributed by atoms with E-state index in [1.807, 2.05) is 31.2 Å². The molecule has 0 saturated heterocycles. The molecule has 0 spiro atoms. The third kappa shape index (κ3) is 3.50. The highest BCUT2D eigenvalue weighted by Gasteiger charge is 2.16. The van der Waals surface area contributed by atoms with Crippen molar-refractivity contribution >= 4 is 26.8 Å². The Hall–Kier alpha value is -1.78. The molecule has 0 N–H and O–H groups in total. The van der Waals surface area contributed by atoms with Gasteiger partial charge in [-0.15, -0.1) is 0 Å². The number of aromatic nitrogens is 1. The molecule has 126 valence electrons. The van der Waals surface area contributed by atoms with E-state index in [0.717, 1.165) is 16.8 Å². The lowest BCUT2D eigenvalue weighted by Crippen LogP contribution is -2.07. The number of para-hydroxylation sites is 1. The maximum atomic E-state index is 6.04. The van der Waals surface area contributed by atoms with Crippen molar-refractivity contribution < 1.29 is 9.47 Å². The number of aryl methyl sites for hydroxylation is 1. The summed E-state index contributed by atoms with van der Waals surface area (Å²) < 4.78 is 15.1. The molecule has 2 aromatic carbocycles. The summed E-state index contributed by atoms with van der Waals surface area (Å²) in [6, 6.07) is 16.4. The van der Waals surface area contributed by atoms with Crippen LogP contribution in [0.5, 0.6) is 5.75 Å². The van der Waals surface area contributed by atoms with Crippen molar-refractivity contribution in [3.8, 4) is 5.75 Å². The van der Waals surface area contributed by atoms with Crippen molar-refractivity contribution in [2.75, 3.05) is 6.61 Å². The molecular weight excluding hydrogens is 366 g/mol. The number of halogens is 1. The Morgan fingerprint density at radius 1 is 0.958 bits per heavy atom. The Bertz CT molecular complexity index is 808. The van der Waals surface area contributed by atoms with E-state index < -0.39 is 0 Å².